The molecule has 22 heavy (non-hydrogen) atoms. The second kappa shape index (κ2) is 7.29. The summed E-state index contributed by atoms with van der Waals surface area (Å²) >= 11 is 9.06. The SMILES string of the molecule is O=C(COc1ccccc1Cl)Nc1ccc(Br)cc1C(=O)[O-]. The van der Waals surface area contributed by atoms with E-state index in [1.807, 2.05) is 0 Å². The van der Waals surface area contributed by atoms with Crippen LogP contribution >= 0.6 is 27.5 Å². The van der Waals surface area contributed by atoms with E-state index < -0.39 is 11.9 Å². The van der Waals surface area contributed by atoms with Crippen molar-refractivity contribution in [2.75, 3.05) is 11.9 Å². The molecule has 2 rings (SSSR count). The molecule has 1 N–H and O–H groups in total. The van der Waals surface area contributed by atoms with Gasteiger partial charge in [-0.05, 0) is 30.3 Å². The molecule has 5 nitrogen and oxygen atoms in total. The zero-order chi connectivity index (χ0) is 16.1. The molecule has 1 amide bonds. The second-order valence-corrected chi connectivity index (χ2v) is 5.57. The number of carboxylic acids is 1. The number of ether oxygens (including phenoxy) is 1. The fourth-order valence-electron chi connectivity index (χ4n) is 1.69. The quantitative estimate of drug-likeness (QED) is 0.860. The molecule has 2 aromatic carbocycles. The number of carboxylic acid groups (broad SMARTS) is 1. The van der Waals surface area contributed by atoms with Crippen molar-refractivity contribution in [3.63, 3.8) is 0 Å². The van der Waals surface area contributed by atoms with E-state index >= 15 is 0 Å². The van der Waals surface area contributed by atoms with Crippen LogP contribution in [0, 0.1) is 0 Å². The van der Waals surface area contributed by atoms with Crippen molar-refractivity contribution in [2.24, 2.45) is 0 Å². The number of hydrogen-bond acceptors (Lipinski definition) is 4. The first-order valence-electron chi connectivity index (χ1n) is 6.15. The Balaban J connectivity index is 2.04. The van der Waals surface area contributed by atoms with Crippen LogP contribution in [0.25, 0.3) is 0 Å². The smallest absolute Gasteiger partial charge is 0.262 e. The summed E-state index contributed by atoms with van der Waals surface area (Å²) in [6.45, 7) is -0.299. The van der Waals surface area contributed by atoms with E-state index in [-0.39, 0.29) is 17.9 Å². The Bertz CT molecular complexity index is 720. The van der Waals surface area contributed by atoms with Gasteiger partial charge in [0, 0.05) is 15.7 Å². The van der Waals surface area contributed by atoms with Crippen molar-refractivity contribution in [1.82, 2.24) is 0 Å². The largest absolute Gasteiger partial charge is 0.545 e. The molecule has 0 aliphatic carbocycles. The fourth-order valence-corrected chi connectivity index (χ4v) is 2.24. The number of nitrogens with one attached hydrogen (secondary N) is 1. The summed E-state index contributed by atoms with van der Waals surface area (Å²) in [4.78, 5) is 22.9. The lowest BCUT2D eigenvalue weighted by Crippen LogP contribution is -2.26. The van der Waals surface area contributed by atoms with E-state index in [1.165, 1.54) is 12.1 Å². The highest BCUT2D eigenvalue weighted by atomic mass is 79.9. The van der Waals surface area contributed by atoms with Crippen LogP contribution < -0.4 is 15.2 Å². The van der Waals surface area contributed by atoms with Gasteiger partial charge in [0.25, 0.3) is 5.91 Å². The minimum Gasteiger partial charge on any atom is -0.545 e. The Morgan fingerprint density at radius 1 is 1.23 bits per heavy atom. The van der Waals surface area contributed by atoms with Crippen LogP contribution in [0.1, 0.15) is 10.4 Å². The summed E-state index contributed by atoms with van der Waals surface area (Å²) in [6.07, 6.45) is 0. The van der Waals surface area contributed by atoms with Gasteiger partial charge in [-0.3, -0.25) is 4.79 Å². The van der Waals surface area contributed by atoms with Crippen molar-refractivity contribution in [3.05, 3.63) is 57.5 Å². The lowest BCUT2D eigenvalue weighted by atomic mass is 10.2. The van der Waals surface area contributed by atoms with Crippen LogP contribution in [0.15, 0.2) is 46.9 Å². The number of carbonyl (C=O) groups excluding carboxylic acids is 2. The first-order valence-corrected chi connectivity index (χ1v) is 7.32. The Morgan fingerprint density at radius 3 is 2.64 bits per heavy atom. The average molecular weight is 384 g/mol. The summed E-state index contributed by atoms with van der Waals surface area (Å²) in [5.74, 6) is -1.52. The zero-order valence-corrected chi connectivity index (χ0v) is 13.5. The molecule has 0 bridgehead atoms. The Kier molecular flexibility index (Phi) is 5.41. The van der Waals surface area contributed by atoms with Gasteiger partial charge in [0.15, 0.2) is 6.61 Å². The number of hydrogen-bond donors (Lipinski definition) is 1. The van der Waals surface area contributed by atoms with Crippen LogP contribution in [0.5, 0.6) is 5.75 Å². The van der Waals surface area contributed by atoms with Crippen molar-refractivity contribution in [1.29, 1.82) is 0 Å². The number of para-hydroxylation sites is 1. The molecule has 0 fully saturated rings. The van der Waals surface area contributed by atoms with Gasteiger partial charge in [-0.15, -0.1) is 0 Å². The number of benzene rings is 2. The van der Waals surface area contributed by atoms with E-state index in [0.717, 1.165) is 0 Å². The normalized spacial score (nSPS) is 10.1. The summed E-state index contributed by atoms with van der Waals surface area (Å²) < 4.78 is 5.85. The molecule has 2 aromatic rings. The van der Waals surface area contributed by atoms with Gasteiger partial charge in [0.2, 0.25) is 0 Å². The van der Waals surface area contributed by atoms with Gasteiger partial charge >= 0.3 is 0 Å². The van der Waals surface area contributed by atoms with E-state index in [2.05, 4.69) is 21.2 Å². The molecule has 7 heteroatoms. The molecule has 0 atom stereocenters. The average Bonchev–Trinajstić information content (AvgIpc) is 2.48. The van der Waals surface area contributed by atoms with Gasteiger partial charge in [-0.2, -0.15) is 0 Å². The third-order valence-corrected chi connectivity index (χ3v) is 3.48. The Morgan fingerprint density at radius 2 is 1.95 bits per heavy atom. The molecular formula is C15H10BrClNO4-. The number of amides is 1. The van der Waals surface area contributed by atoms with E-state index in [0.29, 0.717) is 15.2 Å². The summed E-state index contributed by atoms with van der Waals surface area (Å²) in [6, 6.07) is 11.1. The maximum atomic E-state index is 11.9. The molecule has 0 heterocycles. The predicted octanol–water partition coefficient (Wildman–Crippen LogP) is 2.48. The van der Waals surface area contributed by atoms with Crippen LogP contribution in [0.3, 0.4) is 0 Å². The predicted molar refractivity (Wildman–Crippen MR) is 84.0 cm³/mol. The van der Waals surface area contributed by atoms with Gasteiger partial charge in [0.05, 0.1) is 11.0 Å². The zero-order valence-electron chi connectivity index (χ0n) is 11.1. The highest BCUT2D eigenvalue weighted by Crippen LogP contribution is 2.23. The minimum absolute atomic E-state index is 0.125. The lowest BCUT2D eigenvalue weighted by molar-refractivity contribution is -0.254. The van der Waals surface area contributed by atoms with E-state index in [9.17, 15) is 14.7 Å². The van der Waals surface area contributed by atoms with Gasteiger partial charge < -0.3 is 20.0 Å². The topological polar surface area (TPSA) is 78.5 Å². The number of halogens is 2. The minimum atomic E-state index is -1.39. The van der Waals surface area contributed by atoms with Crippen molar-refractivity contribution >= 4 is 45.1 Å². The van der Waals surface area contributed by atoms with Crippen LogP contribution in [0.2, 0.25) is 5.02 Å². The Hall–Kier alpha value is -2.05. The van der Waals surface area contributed by atoms with E-state index in [1.54, 1.807) is 30.3 Å². The van der Waals surface area contributed by atoms with Crippen LogP contribution in [0.4, 0.5) is 5.69 Å². The first kappa shape index (κ1) is 16.3. The number of anilines is 1. The summed E-state index contributed by atoms with van der Waals surface area (Å²) in [5, 5.41) is 13.9. The highest BCUT2D eigenvalue weighted by Gasteiger charge is 2.10. The third kappa shape index (κ3) is 4.22. The summed E-state index contributed by atoms with van der Waals surface area (Å²) in [5.41, 5.74) is 0.0106. The van der Waals surface area contributed by atoms with Gasteiger partial charge in [-0.1, -0.05) is 39.7 Å². The number of carbonyl (C=O) groups is 2. The lowest BCUT2D eigenvalue weighted by Gasteiger charge is -2.13. The molecule has 0 aromatic heterocycles. The maximum Gasteiger partial charge on any atom is 0.262 e. The molecule has 0 radical (unpaired) electrons. The first-order chi connectivity index (χ1) is 10.5. The fraction of sp³-hybridized carbons (Fsp3) is 0.0667. The molecule has 0 saturated carbocycles. The maximum absolute atomic E-state index is 11.9. The number of rotatable bonds is 5. The molecule has 0 unspecified atom stereocenters. The molecule has 0 aliphatic heterocycles. The van der Waals surface area contributed by atoms with Crippen molar-refractivity contribution < 1.29 is 19.4 Å². The van der Waals surface area contributed by atoms with Gasteiger partial charge in [0.1, 0.15) is 5.75 Å². The summed E-state index contributed by atoms with van der Waals surface area (Å²) in [7, 11) is 0. The molecule has 0 aliphatic rings. The van der Waals surface area contributed by atoms with Crippen molar-refractivity contribution in [3.8, 4) is 5.75 Å². The molecule has 114 valence electrons. The van der Waals surface area contributed by atoms with Crippen molar-refractivity contribution in [2.45, 2.75) is 0 Å². The molecule has 0 spiro atoms. The van der Waals surface area contributed by atoms with Crippen LogP contribution in [-0.4, -0.2) is 18.5 Å². The second-order valence-electron chi connectivity index (χ2n) is 4.24. The van der Waals surface area contributed by atoms with Gasteiger partial charge in [-0.25, -0.2) is 0 Å². The third-order valence-electron chi connectivity index (χ3n) is 2.67. The van der Waals surface area contributed by atoms with Crippen LogP contribution in [-0.2, 0) is 4.79 Å². The Labute approximate surface area is 140 Å². The highest BCUT2D eigenvalue weighted by molar-refractivity contribution is 9.10. The van der Waals surface area contributed by atoms with E-state index in [4.69, 9.17) is 16.3 Å². The molecular weight excluding hydrogens is 374 g/mol. The monoisotopic (exact) mass is 382 g/mol. The standard InChI is InChI=1S/C15H11BrClNO4/c16-9-5-6-12(10(7-9)15(20)21)18-14(19)8-22-13-4-2-1-3-11(13)17/h1-7H,8H2,(H,18,19)(H,20,21)/p-1. The molecule has 0 saturated heterocycles. The number of aromatic carboxylic acids is 1.